The molecule has 0 unspecified atom stereocenters. The number of aromatic nitrogens is 3. The van der Waals surface area contributed by atoms with Gasteiger partial charge >= 0.3 is 0 Å². The third kappa shape index (κ3) is 3.06. The Morgan fingerprint density at radius 1 is 1.35 bits per heavy atom. The highest BCUT2D eigenvalue weighted by Gasteiger charge is 2.13. The second-order valence-electron chi connectivity index (χ2n) is 3.91. The quantitative estimate of drug-likeness (QED) is 0.759. The van der Waals surface area contributed by atoms with Crippen molar-refractivity contribution in [2.75, 3.05) is 17.3 Å². The van der Waals surface area contributed by atoms with Gasteiger partial charge in [-0.05, 0) is 24.3 Å². The van der Waals surface area contributed by atoms with E-state index in [1.807, 2.05) is 0 Å². The highest BCUT2D eigenvalue weighted by molar-refractivity contribution is 7.89. The molecule has 0 aliphatic rings. The van der Waals surface area contributed by atoms with Gasteiger partial charge < -0.3 is 11.1 Å². The molecule has 0 saturated heterocycles. The fourth-order valence-corrected chi connectivity index (χ4v) is 2.16. The lowest BCUT2D eigenvalue weighted by Crippen LogP contribution is -2.32. The van der Waals surface area contributed by atoms with E-state index in [9.17, 15) is 8.42 Å². The number of halogens is 1. The van der Waals surface area contributed by atoms with Crippen LogP contribution in [0.25, 0.3) is 0 Å². The number of nitrogens with one attached hydrogen (secondary N) is 2. The zero-order valence-corrected chi connectivity index (χ0v) is 11.9. The molecule has 0 saturated carbocycles. The largest absolute Gasteiger partial charge is 0.380 e. The predicted octanol–water partition coefficient (Wildman–Crippen LogP) is 0.544. The van der Waals surface area contributed by atoms with E-state index in [-0.39, 0.29) is 11.8 Å². The third-order valence-electron chi connectivity index (χ3n) is 2.26. The maximum Gasteiger partial charge on any atom is 0.253 e. The number of nitrogen functional groups attached to an aromatic ring is 1. The van der Waals surface area contributed by atoms with Crippen LogP contribution in [0.5, 0.6) is 0 Å². The Labute approximate surface area is 119 Å². The fourth-order valence-electron chi connectivity index (χ4n) is 1.38. The van der Waals surface area contributed by atoms with Crippen molar-refractivity contribution in [1.29, 1.82) is 5.41 Å². The molecule has 106 valence electrons. The molecule has 1 heterocycles. The van der Waals surface area contributed by atoms with Gasteiger partial charge in [0.05, 0.1) is 6.26 Å². The van der Waals surface area contributed by atoms with Crippen molar-refractivity contribution in [2.45, 2.75) is 0 Å². The summed E-state index contributed by atoms with van der Waals surface area (Å²) in [7, 11) is -3.74. The maximum atomic E-state index is 11.5. The van der Waals surface area contributed by atoms with E-state index in [4.69, 9.17) is 22.7 Å². The molecular formula is C10H11ClN6O2S. The van der Waals surface area contributed by atoms with Gasteiger partial charge in [-0.1, -0.05) is 11.6 Å². The van der Waals surface area contributed by atoms with Crippen molar-refractivity contribution in [1.82, 2.24) is 14.2 Å². The van der Waals surface area contributed by atoms with Crippen LogP contribution in [0.3, 0.4) is 0 Å². The van der Waals surface area contributed by atoms with Gasteiger partial charge in [0.15, 0.2) is 5.82 Å². The first-order valence-corrected chi connectivity index (χ1v) is 7.54. The lowest BCUT2D eigenvalue weighted by Gasteiger charge is -2.09. The Morgan fingerprint density at radius 3 is 2.50 bits per heavy atom. The molecule has 0 aliphatic carbocycles. The molecule has 0 fully saturated rings. The number of hydrogen-bond donors (Lipinski definition) is 3. The molecule has 20 heavy (non-hydrogen) atoms. The number of anilines is 3. The molecule has 0 radical (unpaired) electrons. The first-order chi connectivity index (χ1) is 9.27. The van der Waals surface area contributed by atoms with E-state index >= 15 is 0 Å². The molecule has 1 aromatic carbocycles. The summed E-state index contributed by atoms with van der Waals surface area (Å²) in [5.74, 6) is -0.284. The second kappa shape index (κ2) is 5.10. The summed E-state index contributed by atoms with van der Waals surface area (Å²) >= 11 is 5.76. The zero-order chi connectivity index (χ0) is 14.9. The van der Waals surface area contributed by atoms with Gasteiger partial charge in [0.1, 0.15) is 0 Å². The van der Waals surface area contributed by atoms with Crippen LogP contribution in [-0.4, -0.2) is 28.8 Å². The summed E-state index contributed by atoms with van der Waals surface area (Å²) in [4.78, 5) is 3.81. The monoisotopic (exact) mass is 314 g/mol. The van der Waals surface area contributed by atoms with Crippen LogP contribution >= 0.6 is 11.6 Å². The highest BCUT2D eigenvalue weighted by atomic mass is 35.5. The second-order valence-corrected chi connectivity index (χ2v) is 6.16. The molecular weight excluding hydrogens is 304 g/mol. The van der Waals surface area contributed by atoms with Crippen LogP contribution in [0.4, 0.5) is 17.5 Å². The van der Waals surface area contributed by atoms with Crippen LogP contribution in [-0.2, 0) is 10.0 Å². The molecule has 2 rings (SSSR count). The molecule has 0 bridgehead atoms. The number of hydrogen-bond acceptors (Lipinski definition) is 7. The van der Waals surface area contributed by atoms with Gasteiger partial charge in [-0.15, -0.1) is 9.19 Å². The summed E-state index contributed by atoms with van der Waals surface area (Å²) in [6, 6.07) is 6.63. The normalized spacial score (nSPS) is 11.3. The minimum Gasteiger partial charge on any atom is -0.380 e. The van der Waals surface area contributed by atoms with Crippen LogP contribution in [0.15, 0.2) is 24.3 Å². The Balaban J connectivity index is 2.46. The summed E-state index contributed by atoms with van der Waals surface area (Å²) < 4.78 is 23.5. The molecule has 0 atom stereocenters. The number of nitrogens with two attached hydrogens (primary N) is 1. The zero-order valence-electron chi connectivity index (χ0n) is 10.3. The Bertz CT molecular complexity index is 799. The Kier molecular flexibility index (Phi) is 3.64. The minimum absolute atomic E-state index is 0.0359. The van der Waals surface area contributed by atoms with Crippen molar-refractivity contribution in [2.24, 2.45) is 0 Å². The first kappa shape index (κ1) is 14.3. The van der Waals surface area contributed by atoms with Crippen molar-refractivity contribution in [3.63, 3.8) is 0 Å². The molecule has 4 N–H and O–H groups in total. The average molecular weight is 315 g/mol. The van der Waals surface area contributed by atoms with Gasteiger partial charge in [0.25, 0.3) is 10.0 Å². The number of rotatable bonds is 3. The van der Waals surface area contributed by atoms with Gasteiger partial charge in [-0.25, -0.2) is 8.42 Å². The molecule has 8 nitrogen and oxygen atoms in total. The van der Waals surface area contributed by atoms with E-state index in [1.165, 1.54) is 0 Å². The lowest BCUT2D eigenvalue weighted by molar-refractivity contribution is 0.579. The number of benzene rings is 1. The lowest BCUT2D eigenvalue weighted by atomic mass is 10.3. The van der Waals surface area contributed by atoms with E-state index in [2.05, 4.69) is 15.4 Å². The van der Waals surface area contributed by atoms with Gasteiger partial charge in [-0.2, -0.15) is 4.98 Å². The Morgan fingerprint density at radius 2 is 1.95 bits per heavy atom. The first-order valence-electron chi connectivity index (χ1n) is 5.32. The molecule has 0 amide bonds. The van der Waals surface area contributed by atoms with Crippen LogP contribution in [0.2, 0.25) is 5.02 Å². The standard InChI is InChI=1S/C10H11ClN6O2S/c1-20(18,19)17-9(13)8(12)15-10(16-17)14-7-4-2-6(11)3-5-7/h2-5,13H,1H3,(H3,12,14,15,16). The SMILES string of the molecule is CS(=O)(=O)n1nc(Nc2ccc(Cl)cc2)nc(N)c1=N. The fraction of sp³-hybridized carbons (Fsp3) is 0.100. The number of nitrogens with zero attached hydrogens (tertiary/aromatic N) is 3. The summed E-state index contributed by atoms with van der Waals surface area (Å²) in [6.45, 7) is 0. The van der Waals surface area contributed by atoms with E-state index < -0.39 is 15.5 Å². The molecule has 2 aromatic rings. The predicted molar refractivity (Wildman–Crippen MR) is 75.3 cm³/mol. The van der Waals surface area contributed by atoms with E-state index in [0.29, 0.717) is 14.8 Å². The molecule has 1 aromatic heterocycles. The summed E-state index contributed by atoms with van der Waals surface area (Å²) in [5, 5.41) is 14.6. The van der Waals surface area contributed by atoms with Crippen LogP contribution in [0.1, 0.15) is 0 Å². The summed E-state index contributed by atoms with van der Waals surface area (Å²) in [5.41, 5.74) is 5.62. The third-order valence-corrected chi connectivity index (χ3v) is 3.40. The van der Waals surface area contributed by atoms with Gasteiger partial charge in [0.2, 0.25) is 11.4 Å². The van der Waals surface area contributed by atoms with Gasteiger partial charge in [0, 0.05) is 10.7 Å². The van der Waals surface area contributed by atoms with Crippen molar-refractivity contribution < 1.29 is 8.42 Å². The average Bonchev–Trinajstić information content (AvgIpc) is 2.35. The van der Waals surface area contributed by atoms with Crippen molar-refractivity contribution in [3.8, 4) is 0 Å². The highest BCUT2D eigenvalue weighted by Crippen LogP contribution is 2.16. The van der Waals surface area contributed by atoms with Crippen molar-refractivity contribution >= 4 is 39.1 Å². The van der Waals surface area contributed by atoms with Gasteiger partial charge in [-0.3, -0.25) is 5.41 Å². The minimum atomic E-state index is -3.74. The van der Waals surface area contributed by atoms with Crippen LogP contribution < -0.4 is 16.5 Å². The van der Waals surface area contributed by atoms with E-state index in [0.717, 1.165) is 6.26 Å². The molecule has 0 spiro atoms. The van der Waals surface area contributed by atoms with Crippen molar-refractivity contribution in [3.05, 3.63) is 34.8 Å². The maximum absolute atomic E-state index is 11.5. The van der Waals surface area contributed by atoms with Crippen LogP contribution in [0, 0.1) is 5.41 Å². The molecule has 0 aliphatic heterocycles. The van der Waals surface area contributed by atoms with E-state index in [1.54, 1.807) is 24.3 Å². The summed E-state index contributed by atoms with van der Waals surface area (Å²) in [6.07, 6.45) is 0.920. The molecule has 10 heteroatoms. The topological polar surface area (TPSA) is 127 Å². The smallest absolute Gasteiger partial charge is 0.253 e. The Hall–Kier alpha value is -2.13.